The molecule has 1 aliphatic carbocycles. The maximum atomic E-state index is 6.58. The van der Waals surface area contributed by atoms with Crippen LogP contribution >= 0.6 is 0 Å². The number of hydrogen-bond acceptors (Lipinski definition) is 1. The lowest BCUT2D eigenvalue weighted by molar-refractivity contribution is 0.669. The zero-order chi connectivity index (χ0) is 41.2. The van der Waals surface area contributed by atoms with E-state index in [1.165, 1.54) is 77.1 Å². The Morgan fingerprint density at radius 1 is 0.254 bits per heavy atom. The van der Waals surface area contributed by atoms with Gasteiger partial charge in [0.1, 0.15) is 11.2 Å². The smallest absolute Gasteiger partial charge is 0.136 e. The van der Waals surface area contributed by atoms with Crippen molar-refractivity contribution in [3.8, 4) is 67.0 Å². The Hall–Kier alpha value is -8.40. The first-order valence-electron chi connectivity index (χ1n) is 21.7. The van der Waals surface area contributed by atoms with Gasteiger partial charge in [-0.1, -0.05) is 158 Å². The van der Waals surface area contributed by atoms with Crippen molar-refractivity contribution in [3.05, 3.63) is 218 Å². The normalized spacial score (nSPS) is 12.1. The molecule has 3 heterocycles. The van der Waals surface area contributed by atoms with Crippen molar-refractivity contribution in [2.24, 2.45) is 0 Å². The van der Waals surface area contributed by atoms with Gasteiger partial charge in [-0.25, -0.2) is 0 Å². The average molecular weight is 801 g/mol. The first kappa shape index (κ1) is 34.3. The molecule has 13 aromatic rings. The van der Waals surface area contributed by atoms with Crippen molar-refractivity contribution in [3.63, 3.8) is 0 Å². The van der Waals surface area contributed by atoms with E-state index in [1.54, 1.807) is 0 Å². The molecule has 0 amide bonds. The molecule has 10 aromatic carbocycles. The predicted octanol–water partition coefficient (Wildman–Crippen LogP) is 16.4. The zero-order valence-corrected chi connectivity index (χ0v) is 34.1. The summed E-state index contributed by atoms with van der Waals surface area (Å²) in [5, 5.41) is 7.15. The Morgan fingerprint density at radius 2 is 0.683 bits per heavy atom. The van der Waals surface area contributed by atoms with Gasteiger partial charge in [-0.3, -0.25) is 0 Å². The molecule has 14 rings (SSSR count). The molecule has 0 radical (unpaired) electrons. The predicted molar refractivity (Wildman–Crippen MR) is 263 cm³/mol. The summed E-state index contributed by atoms with van der Waals surface area (Å²) in [7, 11) is 0. The molecule has 3 nitrogen and oxygen atoms in total. The molecule has 0 atom stereocenters. The Kier molecular flexibility index (Phi) is 7.11. The van der Waals surface area contributed by atoms with Crippen molar-refractivity contribution in [2.45, 2.75) is 0 Å². The number of rotatable bonds is 3. The molecule has 0 saturated carbocycles. The monoisotopic (exact) mass is 800 g/mol. The van der Waals surface area contributed by atoms with Gasteiger partial charge in [0, 0.05) is 43.6 Å². The van der Waals surface area contributed by atoms with E-state index in [9.17, 15) is 0 Å². The van der Waals surface area contributed by atoms with Crippen LogP contribution in [0.1, 0.15) is 0 Å². The van der Waals surface area contributed by atoms with E-state index in [-0.39, 0.29) is 0 Å². The molecular weight excluding hydrogens is 765 g/mol. The van der Waals surface area contributed by atoms with Crippen LogP contribution in [0.2, 0.25) is 0 Å². The molecule has 63 heavy (non-hydrogen) atoms. The number of furan rings is 1. The second kappa shape index (κ2) is 13.1. The van der Waals surface area contributed by atoms with Gasteiger partial charge in [-0.05, 0) is 111 Å². The van der Waals surface area contributed by atoms with Crippen LogP contribution < -0.4 is 0 Å². The Labute approximate surface area is 362 Å². The second-order valence-corrected chi connectivity index (χ2v) is 16.8. The molecule has 3 aromatic heterocycles. The third-order valence-corrected chi connectivity index (χ3v) is 13.5. The maximum absolute atomic E-state index is 6.58. The lowest BCUT2D eigenvalue weighted by Crippen LogP contribution is -2.02. The van der Waals surface area contributed by atoms with Crippen LogP contribution in [0, 0.1) is 0 Å². The third-order valence-electron chi connectivity index (χ3n) is 13.5. The Bertz CT molecular complexity index is 3990. The van der Waals surface area contributed by atoms with Crippen LogP contribution in [0.3, 0.4) is 0 Å². The molecule has 1 aliphatic rings. The van der Waals surface area contributed by atoms with Gasteiger partial charge in [-0.2, -0.15) is 0 Å². The van der Waals surface area contributed by atoms with Gasteiger partial charge in [-0.15, -0.1) is 0 Å². The molecule has 3 heteroatoms. The van der Waals surface area contributed by atoms with Gasteiger partial charge in [0.15, 0.2) is 0 Å². The largest absolute Gasteiger partial charge is 0.456 e. The molecule has 0 unspecified atom stereocenters. The van der Waals surface area contributed by atoms with Crippen molar-refractivity contribution >= 4 is 65.6 Å². The van der Waals surface area contributed by atoms with E-state index in [0.717, 1.165) is 55.5 Å². The highest BCUT2D eigenvalue weighted by atomic mass is 16.3. The summed E-state index contributed by atoms with van der Waals surface area (Å²) in [5.74, 6) is 0. The number of hydrogen-bond donors (Lipinski definition) is 0. The van der Waals surface area contributed by atoms with Gasteiger partial charge in [0.2, 0.25) is 0 Å². The van der Waals surface area contributed by atoms with Crippen LogP contribution in [0.5, 0.6) is 0 Å². The summed E-state index contributed by atoms with van der Waals surface area (Å²) in [6.45, 7) is 0. The van der Waals surface area contributed by atoms with E-state index >= 15 is 0 Å². The molecule has 0 spiro atoms. The molecular formula is C60H36N2O. The first-order chi connectivity index (χ1) is 31.3. The van der Waals surface area contributed by atoms with Gasteiger partial charge in [0.25, 0.3) is 0 Å². The number of nitrogens with zero attached hydrogens (tertiary/aromatic N) is 2. The second-order valence-electron chi connectivity index (χ2n) is 16.8. The molecule has 292 valence electrons. The van der Waals surface area contributed by atoms with E-state index in [4.69, 9.17) is 4.42 Å². The SMILES string of the molecule is c1ccc2c(c1)-c1ccccc1-c1cc(-c3cccc4oc5ccccc5c34)c(-n3c4ccccc4c4cc(-n5c6ccccc6c6ccccc65)ccc43)cc1-c1ccccc1-2. The van der Waals surface area contributed by atoms with Gasteiger partial charge < -0.3 is 13.6 Å². The Balaban J connectivity index is 1.13. The average Bonchev–Trinajstić information content (AvgIpc) is 4.01. The van der Waals surface area contributed by atoms with Gasteiger partial charge >= 0.3 is 0 Å². The van der Waals surface area contributed by atoms with Crippen LogP contribution in [-0.2, 0) is 0 Å². The topological polar surface area (TPSA) is 23.0 Å². The zero-order valence-electron chi connectivity index (χ0n) is 34.1. The maximum Gasteiger partial charge on any atom is 0.136 e. The van der Waals surface area contributed by atoms with Crippen LogP contribution in [-0.4, -0.2) is 9.13 Å². The highest BCUT2D eigenvalue weighted by Crippen LogP contribution is 2.51. The number of aromatic nitrogens is 2. The highest BCUT2D eigenvalue weighted by Gasteiger charge is 2.27. The van der Waals surface area contributed by atoms with E-state index in [0.29, 0.717) is 0 Å². The van der Waals surface area contributed by atoms with Crippen molar-refractivity contribution in [2.75, 3.05) is 0 Å². The van der Waals surface area contributed by atoms with Crippen molar-refractivity contribution in [1.82, 2.24) is 9.13 Å². The van der Waals surface area contributed by atoms with Gasteiger partial charge in [0.05, 0.1) is 27.8 Å². The molecule has 0 aliphatic heterocycles. The summed E-state index contributed by atoms with van der Waals surface area (Å²) in [4.78, 5) is 0. The molecule has 0 N–H and O–H groups in total. The lowest BCUT2D eigenvalue weighted by atomic mass is 9.79. The van der Waals surface area contributed by atoms with Crippen molar-refractivity contribution in [1.29, 1.82) is 0 Å². The fourth-order valence-corrected chi connectivity index (χ4v) is 10.9. The Morgan fingerprint density at radius 3 is 1.29 bits per heavy atom. The number of fused-ring (bicyclic) bond motifs is 17. The summed E-state index contributed by atoms with van der Waals surface area (Å²) >= 11 is 0. The molecule has 0 saturated heterocycles. The molecule has 0 fully saturated rings. The summed E-state index contributed by atoms with van der Waals surface area (Å²) in [5.41, 5.74) is 20.7. The minimum Gasteiger partial charge on any atom is -0.456 e. The summed E-state index contributed by atoms with van der Waals surface area (Å²) < 4.78 is 11.5. The highest BCUT2D eigenvalue weighted by molar-refractivity contribution is 6.17. The quantitative estimate of drug-likeness (QED) is 0.175. The van der Waals surface area contributed by atoms with Crippen molar-refractivity contribution < 1.29 is 4.42 Å². The lowest BCUT2D eigenvalue weighted by Gasteiger charge is -2.25. The first-order valence-corrected chi connectivity index (χ1v) is 21.7. The fraction of sp³-hybridized carbons (Fsp3) is 0. The van der Waals surface area contributed by atoms with Crippen LogP contribution in [0.4, 0.5) is 0 Å². The molecule has 0 bridgehead atoms. The van der Waals surface area contributed by atoms with E-state index in [2.05, 4.69) is 228 Å². The summed E-state index contributed by atoms with van der Waals surface area (Å²) in [6.07, 6.45) is 0. The minimum atomic E-state index is 0.879. The number of para-hydroxylation sites is 4. The van der Waals surface area contributed by atoms with Crippen LogP contribution in [0.25, 0.3) is 133 Å². The van der Waals surface area contributed by atoms with Crippen LogP contribution in [0.15, 0.2) is 223 Å². The minimum absolute atomic E-state index is 0.879. The third kappa shape index (κ3) is 4.85. The summed E-state index contributed by atoms with van der Waals surface area (Å²) in [6, 6.07) is 80.1. The van der Waals surface area contributed by atoms with E-state index in [1.807, 2.05) is 0 Å². The fourth-order valence-electron chi connectivity index (χ4n) is 10.9. The standard InChI is InChI=1S/C60H36N2O/c1-2-17-39-38(16-1)40-18-3-5-20-42(40)49-35-52(47-26-15-31-59-60(47)48-25-10-14-30-58(48)63-59)57(36-50(49)43-21-6-4-19-41(39)43)62-55-29-13-9-24-46(55)51-34-37(32-33-56(51)62)61-53-27-11-7-22-44(53)45-23-8-12-28-54(45)61/h1-36H. The number of benzene rings is 10. The van der Waals surface area contributed by atoms with E-state index < -0.39 is 0 Å².